The minimum absolute atomic E-state index is 0.332. The number of rotatable bonds is 1. The van der Waals surface area contributed by atoms with Gasteiger partial charge in [0.2, 0.25) is 0 Å². The molecule has 1 N–H and O–H groups in total. The van der Waals surface area contributed by atoms with Crippen molar-refractivity contribution in [2.75, 3.05) is 0 Å². The first-order valence-corrected chi connectivity index (χ1v) is 5.80. The zero-order valence-corrected chi connectivity index (χ0v) is 11.0. The second kappa shape index (κ2) is 5.04. The normalized spacial score (nSPS) is 9.94. The number of hydrogen-bond acceptors (Lipinski definition) is 1. The molecular formula is C14H19NO2. The van der Waals surface area contributed by atoms with Crippen molar-refractivity contribution in [3.63, 3.8) is 0 Å². The van der Waals surface area contributed by atoms with E-state index in [1.54, 1.807) is 17.7 Å². The Morgan fingerprint density at radius 3 is 2.29 bits per heavy atom. The highest BCUT2D eigenvalue weighted by atomic mass is 16.4. The molecule has 92 valence electrons. The van der Waals surface area contributed by atoms with Crippen molar-refractivity contribution in [1.29, 1.82) is 0 Å². The zero-order chi connectivity index (χ0) is 13.2. The summed E-state index contributed by atoms with van der Waals surface area (Å²) in [5, 5.41) is 10.00. The minimum Gasteiger partial charge on any atom is -0.477 e. The Bertz CT molecular complexity index is 553. The van der Waals surface area contributed by atoms with Gasteiger partial charge in [0.05, 0.1) is 5.52 Å². The third-order valence-electron chi connectivity index (χ3n) is 2.68. The van der Waals surface area contributed by atoms with Crippen molar-refractivity contribution >= 4 is 16.9 Å². The van der Waals surface area contributed by atoms with Gasteiger partial charge < -0.3 is 9.67 Å². The van der Waals surface area contributed by atoms with Crippen molar-refractivity contribution < 1.29 is 9.90 Å². The van der Waals surface area contributed by atoms with Gasteiger partial charge in [0.25, 0.3) is 0 Å². The third kappa shape index (κ3) is 2.33. The second-order valence-electron chi connectivity index (χ2n) is 3.91. The molecule has 2 aromatic rings. The molecule has 0 aliphatic heterocycles. The van der Waals surface area contributed by atoms with Gasteiger partial charge in [-0.15, -0.1) is 0 Å². The number of nitrogens with zero attached hydrogens (tertiary/aromatic N) is 1. The summed E-state index contributed by atoms with van der Waals surface area (Å²) in [6.07, 6.45) is 0. The van der Waals surface area contributed by atoms with E-state index in [1.165, 1.54) is 0 Å². The molecule has 0 fully saturated rings. The highest BCUT2D eigenvalue weighted by molar-refractivity contribution is 5.95. The summed E-state index contributed by atoms with van der Waals surface area (Å²) in [5.74, 6) is -0.884. The van der Waals surface area contributed by atoms with E-state index in [2.05, 4.69) is 6.07 Å². The molecule has 0 aliphatic carbocycles. The summed E-state index contributed by atoms with van der Waals surface area (Å²) in [4.78, 5) is 11.0. The van der Waals surface area contributed by atoms with E-state index in [4.69, 9.17) is 5.11 Å². The molecule has 1 aromatic carbocycles. The van der Waals surface area contributed by atoms with Crippen molar-refractivity contribution in [1.82, 2.24) is 4.57 Å². The standard InChI is InChI=1S/C12H13NO2.C2H6/c1-7-4-8(2)11-9(5-7)6-10(12(14)15)13(11)3;1-2/h4-6H,1-3H3,(H,14,15);1-2H3. The Morgan fingerprint density at radius 2 is 1.76 bits per heavy atom. The number of aryl methyl sites for hydroxylation is 3. The Labute approximate surface area is 102 Å². The number of aromatic nitrogens is 1. The second-order valence-corrected chi connectivity index (χ2v) is 3.91. The minimum atomic E-state index is -0.884. The largest absolute Gasteiger partial charge is 0.477 e. The lowest BCUT2D eigenvalue weighted by Gasteiger charge is -2.03. The summed E-state index contributed by atoms with van der Waals surface area (Å²) < 4.78 is 1.73. The number of carboxylic acid groups (broad SMARTS) is 1. The summed E-state index contributed by atoms with van der Waals surface area (Å²) in [6, 6.07) is 5.79. The fraction of sp³-hybridized carbons (Fsp3) is 0.357. The van der Waals surface area contributed by atoms with E-state index in [0.717, 1.165) is 22.0 Å². The van der Waals surface area contributed by atoms with Crippen LogP contribution in [0.5, 0.6) is 0 Å². The Morgan fingerprint density at radius 1 is 1.18 bits per heavy atom. The maximum Gasteiger partial charge on any atom is 0.352 e. The Balaban J connectivity index is 0.000000686. The molecule has 2 rings (SSSR count). The van der Waals surface area contributed by atoms with Crippen LogP contribution in [0.1, 0.15) is 35.5 Å². The fourth-order valence-electron chi connectivity index (χ4n) is 2.13. The van der Waals surface area contributed by atoms with Gasteiger partial charge in [-0.1, -0.05) is 25.5 Å². The Kier molecular flexibility index (Phi) is 3.94. The highest BCUT2D eigenvalue weighted by Gasteiger charge is 2.13. The molecule has 3 heteroatoms. The van der Waals surface area contributed by atoms with E-state index in [9.17, 15) is 4.79 Å². The third-order valence-corrected chi connectivity index (χ3v) is 2.68. The van der Waals surface area contributed by atoms with Crippen LogP contribution >= 0.6 is 0 Å². The number of carboxylic acids is 1. The summed E-state index contributed by atoms with van der Waals surface area (Å²) in [7, 11) is 1.79. The van der Waals surface area contributed by atoms with Crippen LogP contribution in [0.3, 0.4) is 0 Å². The molecule has 0 radical (unpaired) electrons. The van der Waals surface area contributed by atoms with Gasteiger partial charge in [0, 0.05) is 12.4 Å². The molecule has 0 aliphatic rings. The van der Waals surface area contributed by atoms with E-state index in [1.807, 2.05) is 33.8 Å². The first-order chi connectivity index (χ1) is 8.00. The van der Waals surface area contributed by atoms with Crippen molar-refractivity contribution in [3.8, 4) is 0 Å². The average Bonchev–Trinajstić information content (AvgIpc) is 2.58. The van der Waals surface area contributed by atoms with Gasteiger partial charge in [-0.2, -0.15) is 0 Å². The molecule has 0 saturated heterocycles. The number of benzene rings is 1. The first kappa shape index (κ1) is 13.3. The first-order valence-electron chi connectivity index (χ1n) is 5.80. The van der Waals surface area contributed by atoms with Crippen LogP contribution in [0.25, 0.3) is 10.9 Å². The number of aromatic carboxylic acids is 1. The topological polar surface area (TPSA) is 42.2 Å². The summed E-state index contributed by atoms with van der Waals surface area (Å²) in [6.45, 7) is 8.01. The van der Waals surface area contributed by atoms with Gasteiger partial charge in [-0.25, -0.2) is 4.79 Å². The van der Waals surface area contributed by atoms with Gasteiger partial charge in [0.15, 0.2) is 0 Å². The maximum atomic E-state index is 11.0. The molecule has 1 aromatic heterocycles. The van der Waals surface area contributed by atoms with Crippen molar-refractivity contribution in [2.45, 2.75) is 27.7 Å². The lowest BCUT2D eigenvalue weighted by atomic mass is 10.1. The van der Waals surface area contributed by atoms with Gasteiger partial charge in [-0.05, 0) is 31.5 Å². The predicted octanol–water partition coefficient (Wildman–Crippen LogP) is 3.52. The summed E-state index contributed by atoms with van der Waals surface area (Å²) in [5.41, 5.74) is 3.60. The monoisotopic (exact) mass is 233 g/mol. The van der Waals surface area contributed by atoms with E-state index >= 15 is 0 Å². The number of fused-ring (bicyclic) bond motifs is 1. The quantitative estimate of drug-likeness (QED) is 0.818. The highest BCUT2D eigenvalue weighted by Crippen LogP contribution is 2.23. The van der Waals surface area contributed by atoms with Gasteiger partial charge >= 0.3 is 5.97 Å². The lowest BCUT2D eigenvalue weighted by molar-refractivity contribution is 0.0687. The van der Waals surface area contributed by atoms with Crippen LogP contribution in [0.4, 0.5) is 0 Å². The molecule has 0 unspecified atom stereocenters. The van der Waals surface area contributed by atoms with E-state index < -0.39 is 5.97 Å². The van der Waals surface area contributed by atoms with Gasteiger partial charge in [0.1, 0.15) is 5.69 Å². The maximum absolute atomic E-state index is 11.0. The lowest BCUT2D eigenvalue weighted by Crippen LogP contribution is -2.04. The van der Waals surface area contributed by atoms with Crippen LogP contribution in [0, 0.1) is 13.8 Å². The SMILES string of the molecule is CC.Cc1cc(C)c2c(c1)cc(C(=O)O)n2C. The molecule has 0 atom stereocenters. The molecule has 17 heavy (non-hydrogen) atoms. The molecule has 0 bridgehead atoms. The van der Waals surface area contributed by atoms with Crippen LogP contribution in [-0.4, -0.2) is 15.6 Å². The van der Waals surface area contributed by atoms with E-state index in [0.29, 0.717) is 5.69 Å². The van der Waals surface area contributed by atoms with Crippen LogP contribution in [-0.2, 0) is 7.05 Å². The number of hydrogen-bond donors (Lipinski definition) is 1. The van der Waals surface area contributed by atoms with Gasteiger partial charge in [-0.3, -0.25) is 0 Å². The van der Waals surface area contributed by atoms with Crippen molar-refractivity contribution in [2.24, 2.45) is 7.05 Å². The molecule has 0 saturated carbocycles. The van der Waals surface area contributed by atoms with Crippen LogP contribution in [0.2, 0.25) is 0 Å². The zero-order valence-electron chi connectivity index (χ0n) is 11.0. The fourth-order valence-corrected chi connectivity index (χ4v) is 2.13. The molecule has 0 spiro atoms. The Hall–Kier alpha value is -1.77. The predicted molar refractivity (Wildman–Crippen MR) is 70.7 cm³/mol. The molecule has 0 amide bonds. The molecule has 3 nitrogen and oxygen atoms in total. The summed E-state index contributed by atoms with van der Waals surface area (Å²) >= 11 is 0. The average molecular weight is 233 g/mol. The smallest absolute Gasteiger partial charge is 0.352 e. The van der Waals surface area contributed by atoms with Crippen molar-refractivity contribution in [3.05, 3.63) is 35.0 Å². The van der Waals surface area contributed by atoms with Crippen LogP contribution in [0.15, 0.2) is 18.2 Å². The van der Waals surface area contributed by atoms with Crippen LogP contribution < -0.4 is 0 Å². The van der Waals surface area contributed by atoms with E-state index in [-0.39, 0.29) is 0 Å². The molecular weight excluding hydrogens is 214 g/mol. The molecule has 1 heterocycles. The number of carbonyl (C=O) groups is 1.